The standard InChI is InChI=1S/C5H8F3N/c6-4-3-9-2-1-5(4,7)8/h4,9H,1-3H2/t4-/m0/s1. The van der Waals surface area contributed by atoms with E-state index in [1.165, 1.54) is 0 Å². The fraction of sp³-hybridized carbons (Fsp3) is 1.00. The first-order valence-electron chi connectivity index (χ1n) is 2.85. The van der Waals surface area contributed by atoms with Crippen LogP contribution in [0.3, 0.4) is 0 Å². The monoisotopic (exact) mass is 139 g/mol. The molecule has 1 heterocycles. The predicted octanol–water partition coefficient (Wildman–Crippen LogP) is 0.953. The summed E-state index contributed by atoms with van der Waals surface area (Å²) in [5, 5.41) is 2.54. The molecule has 0 aliphatic carbocycles. The summed E-state index contributed by atoms with van der Waals surface area (Å²) >= 11 is 0. The second-order valence-electron chi connectivity index (χ2n) is 2.18. The van der Waals surface area contributed by atoms with Crippen molar-refractivity contribution in [2.45, 2.75) is 18.5 Å². The summed E-state index contributed by atoms with van der Waals surface area (Å²) in [7, 11) is 0. The summed E-state index contributed by atoms with van der Waals surface area (Å²) in [6.07, 6.45) is -2.38. The van der Waals surface area contributed by atoms with E-state index in [-0.39, 0.29) is 19.5 Å². The zero-order chi connectivity index (χ0) is 6.91. The molecule has 0 unspecified atom stereocenters. The highest BCUT2D eigenvalue weighted by Crippen LogP contribution is 2.26. The first-order chi connectivity index (χ1) is 4.13. The highest BCUT2D eigenvalue weighted by molar-refractivity contribution is 4.83. The summed E-state index contributed by atoms with van der Waals surface area (Å²) in [5.41, 5.74) is 0. The highest BCUT2D eigenvalue weighted by Gasteiger charge is 2.41. The molecular weight excluding hydrogens is 131 g/mol. The Kier molecular flexibility index (Phi) is 1.66. The first-order valence-corrected chi connectivity index (χ1v) is 2.85. The molecule has 0 aromatic carbocycles. The Morgan fingerprint density at radius 3 is 2.44 bits per heavy atom. The van der Waals surface area contributed by atoms with Gasteiger partial charge in [-0.3, -0.25) is 0 Å². The third kappa shape index (κ3) is 1.36. The van der Waals surface area contributed by atoms with E-state index in [0.29, 0.717) is 0 Å². The zero-order valence-corrected chi connectivity index (χ0v) is 4.83. The minimum atomic E-state index is -3.09. The molecule has 9 heavy (non-hydrogen) atoms. The molecule has 1 saturated heterocycles. The average Bonchev–Trinajstić information content (AvgIpc) is 1.77. The van der Waals surface area contributed by atoms with Crippen LogP contribution in [0.15, 0.2) is 0 Å². The maximum atomic E-state index is 12.2. The molecule has 1 nitrogen and oxygen atoms in total. The molecule has 4 heteroatoms. The van der Waals surface area contributed by atoms with E-state index in [2.05, 4.69) is 5.32 Å². The lowest BCUT2D eigenvalue weighted by Gasteiger charge is -2.25. The van der Waals surface area contributed by atoms with E-state index in [0.717, 1.165) is 0 Å². The van der Waals surface area contributed by atoms with Crippen molar-refractivity contribution >= 4 is 0 Å². The number of nitrogens with one attached hydrogen (secondary N) is 1. The van der Waals surface area contributed by atoms with Crippen molar-refractivity contribution in [2.75, 3.05) is 13.1 Å². The lowest BCUT2D eigenvalue weighted by Crippen LogP contribution is -2.46. The summed E-state index contributed by atoms with van der Waals surface area (Å²) < 4.78 is 36.5. The van der Waals surface area contributed by atoms with Gasteiger partial charge in [0.1, 0.15) is 0 Å². The molecule has 0 amide bonds. The van der Waals surface area contributed by atoms with Crippen LogP contribution in [0, 0.1) is 0 Å². The molecule has 1 atom stereocenters. The van der Waals surface area contributed by atoms with E-state index in [4.69, 9.17) is 0 Å². The minimum absolute atomic E-state index is 0.215. The van der Waals surface area contributed by atoms with Gasteiger partial charge >= 0.3 is 0 Å². The Morgan fingerprint density at radius 1 is 1.44 bits per heavy atom. The Balaban J connectivity index is 2.49. The van der Waals surface area contributed by atoms with Gasteiger partial charge < -0.3 is 5.32 Å². The largest absolute Gasteiger partial charge is 0.313 e. The fourth-order valence-corrected chi connectivity index (χ4v) is 0.790. The third-order valence-corrected chi connectivity index (χ3v) is 1.42. The second-order valence-corrected chi connectivity index (χ2v) is 2.18. The van der Waals surface area contributed by atoms with Crippen LogP contribution in [0.5, 0.6) is 0 Å². The molecule has 0 aromatic rings. The Hall–Kier alpha value is -0.250. The molecule has 0 radical (unpaired) electrons. The topological polar surface area (TPSA) is 12.0 Å². The number of rotatable bonds is 0. The van der Waals surface area contributed by atoms with Gasteiger partial charge in [-0.05, 0) is 0 Å². The van der Waals surface area contributed by atoms with Crippen LogP contribution in [-0.2, 0) is 0 Å². The number of halogens is 3. The average molecular weight is 139 g/mol. The molecular formula is C5H8F3N. The molecule has 0 spiro atoms. The lowest BCUT2D eigenvalue weighted by atomic mass is 10.1. The lowest BCUT2D eigenvalue weighted by molar-refractivity contribution is -0.0896. The van der Waals surface area contributed by atoms with Crippen LogP contribution in [-0.4, -0.2) is 25.2 Å². The number of piperidine rings is 1. The number of alkyl halides is 3. The molecule has 1 rings (SSSR count). The fourth-order valence-electron chi connectivity index (χ4n) is 0.790. The smallest absolute Gasteiger partial charge is 0.281 e. The summed E-state index contributed by atoms with van der Waals surface area (Å²) in [5.74, 6) is -3.09. The Morgan fingerprint density at radius 2 is 2.11 bits per heavy atom. The Bertz CT molecular complexity index is 104. The highest BCUT2D eigenvalue weighted by atomic mass is 19.3. The molecule has 0 bridgehead atoms. The van der Waals surface area contributed by atoms with Gasteiger partial charge in [0.2, 0.25) is 0 Å². The van der Waals surface area contributed by atoms with Crippen molar-refractivity contribution in [3.63, 3.8) is 0 Å². The number of hydrogen-bond acceptors (Lipinski definition) is 1. The molecule has 0 saturated carbocycles. The van der Waals surface area contributed by atoms with Crippen LogP contribution < -0.4 is 5.32 Å². The van der Waals surface area contributed by atoms with E-state index < -0.39 is 12.1 Å². The summed E-state index contributed by atoms with van der Waals surface area (Å²) in [6, 6.07) is 0. The first kappa shape index (κ1) is 6.86. The molecule has 1 aliphatic heterocycles. The quantitative estimate of drug-likeness (QED) is 0.527. The van der Waals surface area contributed by atoms with Crippen LogP contribution in [0.1, 0.15) is 6.42 Å². The molecule has 54 valence electrons. The zero-order valence-electron chi connectivity index (χ0n) is 4.83. The van der Waals surface area contributed by atoms with Crippen LogP contribution in [0.4, 0.5) is 13.2 Å². The summed E-state index contributed by atoms with van der Waals surface area (Å²) in [4.78, 5) is 0. The van der Waals surface area contributed by atoms with E-state index in [1.807, 2.05) is 0 Å². The van der Waals surface area contributed by atoms with Crippen molar-refractivity contribution in [3.8, 4) is 0 Å². The maximum Gasteiger partial charge on any atom is 0.281 e. The van der Waals surface area contributed by atoms with Crippen LogP contribution in [0.2, 0.25) is 0 Å². The van der Waals surface area contributed by atoms with Gasteiger partial charge in [0.25, 0.3) is 5.92 Å². The SMILES string of the molecule is F[C@H]1CNCCC1(F)F. The molecule has 0 aromatic heterocycles. The van der Waals surface area contributed by atoms with E-state index in [9.17, 15) is 13.2 Å². The van der Waals surface area contributed by atoms with Gasteiger partial charge in [-0.25, -0.2) is 13.2 Å². The summed E-state index contributed by atoms with van der Waals surface area (Å²) in [6.45, 7) is 0.000417. The molecule has 1 fully saturated rings. The third-order valence-electron chi connectivity index (χ3n) is 1.42. The number of hydrogen-bond donors (Lipinski definition) is 1. The predicted molar refractivity (Wildman–Crippen MR) is 27.3 cm³/mol. The van der Waals surface area contributed by atoms with Gasteiger partial charge in [-0.2, -0.15) is 0 Å². The Labute approximate surface area is 51.2 Å². The van der Waals surface area contributed by atoms with Crippen LogP contribution in [0.25, 0.3) is 0 Å². The van der Waals surface area contributed by atoms with Crippen molar-refractivity contribution in [2.24, 2.45) is 0 Å². The molecule has 1 aliphatic rings. The van der Waals surface area contributed by atoms with Crippen molar-refractivity contribution in [1.29, 1.82) is 0 Å². The molecule has 1 N–H and O–H groups in total. The van der Waals surface area contributed by atoms with Crippen molar-refractivity contribution < 1.29 is 13.2 Å². The van der Waals surface area contributed by atoms with E-state index >= 15 is 0 Å². The van der Waals surface area contributed by atoms with Gasteiger partial charge in [0.15, 0.2) is 6.17 Å². The normalized spacial score (nSPS) is 34.3. The van der Waals surface area contributed by atoms with Crippen LogP contribution >= 0.6 is 0 Å². The van der Waals surface area contributed by atoms with Crippen molar-refractivity contribution in [1.82, 2.24) is 5.32 Å². The van der Waals surface area contributed by atoms with Gasteiger partial charge in [-0.15, -0.1) is 0 Å². The minimum Gasteiger partial charge on any atom is -0.313 e. The van der Waals surface area contributed by atoms with Gasteiger partial charge in [0, 0.05) is 19.5 Å². The maximum absolute atomic E-state index is 12.2. The van der Waals surface area contributed by atoms with Gasteiger partial charge in [0.05, 0.1) is 0 Å². The van der Waals surface area contributed by atoms with E-state index in [1.54, 1.807) is 0 Å². The van der Waals surface area contributed by atoms with Gasteiger partial charge in [-0.1, -0.05) is 0 Å². The van der Waals surface area contributed by atoms with Crippen molar-refractivity contribution in [3.05, 3.63) is 0 Å². The second kappa shape index (κ2) is 2.17.